The maximum Gasteiger partial charge on any atom is 0.258 e. The third kappa shape index (κ3) is 4.26. The summed E-state index contributed by atoms with van der Waals surface area (Å²) in [5.41, 5.74) is 2.06. The van der Waals surface area contributed by atoms with Crippen molar-refractivity contribution in [3.63, 3.8) is 0 Å². The normalized spacial score (nSPS) is 11.8. The minimum absolute atomic E-state index is 0.0444. The molecular formula is C20H21N3O2. The summed E-state index contributed by atoms with van der Waals surface area (Å²) in [6.07, 6.45) is 3.58. The SMILES string of the molecule is Cc1cccc(OCC(=O)NC(c2ccccc2)c2nccn2C)c1. The lowest BCUT2D eigenvalue weighted by Gasteiger charge is -2.19. The van der Waals surface area contributed by atoms with E-state index in [2.05, 4.69) is 10.3 Å². The van der Waals surface area contributed by atoms with Gasteiger partial charge in [0.15, 0.2) is 6.61 Å². The van der Waals surface area contributed by atoms with Crippen molar-refractivity contribution in [2.45, 2.75) is 13.0 Å². The van der Waals surface area contributed by atoms with Crippen LogP contribution in [0.4, 0.5) is 0 Å². The highest BCUT2D eigenvalue weighted by molar-refractivity contribution is 5.78. The van der Waals surface area contributed by atoms with E-state index in [0.717, 1.165) is 17.0 Å². The number of imidazole rings is 1. The maximum atomic E-state index is 12.4. The number of amides is 1. The molecule has 0 radical (unpaired) electrons. The summed E-state index contributed by atoms with van der Waals surface area (Å²) in [6, 6.07) is 17.1. The smallest absolute Gasteiger partial charge is 0.258 e. The quantitative estimate of drug-likeness (QED) is 0.753. The fraction of sp³-hybridized carbons (Fsp3) is 0.200. The molecule has 1 amide bonds. The van der Waals surface area contributed by atoms with E-state index in [1.54, 1.807) is 6.20 Å². The summed E-state index contributed by atoms with van der Waals surface area (Å²) < 4.78 is 7.50. The molecule has 1 aromatic heterocycles. The predicted octanol–water partition coefficient (Wildman–Crippen LogP) is 3.01. The van der Waals surface area contributed by atoms with Crippen molar-refractivity contribution in [1.82, 2.24) is 14.9 Å². The first kappa shape index (κ1) is 16.8. The lowest BCUT2D eigenvalue weighted by molar-refractivity contribution is -0.123. The Morgan fingerprint density at radius 2 is 2.00 bits per heavy atom. The molecule has 0 aliphatic rings. The van der Waals surface area contributed by atoms with Gasteiger partial charge >= 0.3 is 0 Å². The Morgan fingerprint density at radius 1 is 1.20 bits per heavy atom. The average Bonchev–Trinajstić information content (AvgIpc) is 3.04. The number of benzene rings is 2. The lowest BCUT2D eigenvalue weighted by Crippen LogP contribution is -2.34. The molecule has 25 heavy (non-hydrogen) atoms. The van der Waals surface area contributed by atoms with Crippen molar-refractivity contribution < 1.29 is 9.53 Å². The molecule has 5 heteroatoms. The van der Waals surface area contributed by atoms with Crippen molar-refractivity contribution in [2.75, 3.05) is 6.61 Å². The predicted molar refractivity (Wildman–Crippen MR) is 96.3 cm³/mol. The van der Waals surface area contributed by atoms with Gasteiger partial charge in [-0.05, 0) is 30.2 Å². The van der Waals surface area contributed by atoms with E-state index in [4.69, 9.17) is 4.74 Å². The average molecular weight is 335 g/mol. The highest BCUT2D eigenvalue weighted by Crippen LogP contribution is 2.20. The highest BCUT2D eigenvalue weighted by atomic mass is 16.5. The van der Waals surface area contributed by atoms with Crippen LogP contribution in [0.1, 0.15) is 23.0 Å². The molecule has 2 aromatic carbocycles. The van der Waals surface area contributed by atoms with Crippen molar-refractivity contribution in [3.8, 4) is 5.75 Å². The van der Waals surface area contributed by atoms with Gasteiger partial charge in [-0.3, -0.25) is 4.79 Å². The standard InChI is InChI=1S/C20H21N3O2/c1-15-7-6-10-17(13-15)25-14-18(24)22-19(16-8-4-3-5-9-16)20-21-11-12-23(20)2/h3-13,19H,14H2,1-2H3,(H,22,24). The van der Waals surface area contributed by atoms with Crippen LogP contribution in [0.25, 0.3) is 0 Å². The van der Waals surface area contributed by atoms with E-state index in [-0.39, 0.29) is 18.6 Å². The Labute approximate surface area is 147 Å². The second-order valence-corrected chi connectivity index (χ2v) is 5.91. The Kier molecular flexibility index (Phi) is 5.14. The van der Waals surface area contributed by atoms with Crippen LogP contribution >= 0.6 is 0 Å². The van der Waals surface area contributed by atoms with E-state index in [1.807, 2.05) is 79.3 Å². The fourth-order valence-electron chi connectivity index (χ4n) is 2.65. The molecule has 5 nitrogen and oxygen atoms in total. The van der Waals surface area contributed by atoms with Crippen LogP contribution in [0, 0.1) is 6.92 Å². The summed E-state index contributed by atoms with van der Waals surface area (Å²) in [5.74, 6) is 1.26. The molecule has 0 saturated heterocycles. The first-order valence-corrected chi connectivity index (χ1v) is 8.14. The number of aryl methyl sites for hydroxylation is 2. The van der Waals surface area contributed by atoms with Gasteiger partial charge in [0.25, 0.3) is 5.91 Å². The van der Waals surface area contributed by atoms with Gasteiger partial charge in [0.2, 0.25) is 0 Å². The molecule has 1 heterocycles. The third-order valence-corrected chi connectivity index (χ3v) is 3.91. The van der Waals surface area contributed by atoms with Gasteiger partial charge in [0, 0.05) is 19.4 Å². The number of nitrogens with zero attached hydrogens (tertiary/aromatic N) is 2. The lowest BCUT2D eigenvalue weighted by atomic mass is 10.1. The molecule has 1 N–H and O–H groups in total. The summed E-state index contributed by atoms with van der Waals surface area (Å²) in [5, 5.41) is 3.01. The molecule has 0 fully saturated rings. The zero-order valence-electron chi connectivity index (χ0n) is 14.3. The minimum atomic E-state index is -0.324. The van der Waals surface area contributed by atoms with E-state index in [0.29, 0.717) is 5.75 Å². The molecular weight excluding hydrogens is 314 g/mol. The van der Waals surface area contributed by atoms with E-state index in [1.165, 1.54) is 0 Å². The zero-order chi connectivity index (χ0) is 17.6. The van der Waals surface area contributed by atoms with Crippen LogP contribution in [0.5, 0.6) is 5.75 Å². The molecule has 1 atom stereocenters. The largest absolute Gasteiger partial charge is 0.484 e. The zero-order valence-corrected chi connectivity index (χ0v) is 14.3. The van der Waals surface area contributed by atoms with Crippen LogP contribution in [0.3, 0.4) is 0 Å². The minimum Gasteiger partial charge on any atom is -0.484 e. The van der Waals surface area contributed by atoms with Crippen molar-refractivity contribution in [1.29, 1.82) is 0 Å². The number of rotatable bonds is 6. The number of carbonyl (C=O) groups is 1. The van der Waals surface area contributed by atoms with E-state index >= 15 is 0 Å². The van der Waals surface area contributed by atoms with Crippen LogP contribution in [-0.4, -0.2) is 22.1 Å². The number of hydrogen-bond donors (Lipinski definition) is 1. The molecule has 0 spiro atoms. The van der Waals surface area contributed by atoms with E-state index in [9.17, 15) is 4.79 Å². The van der Waals surface area contributed by atoms with E-state index < -0.39 is 0 Å². The van der Waals surface area contributed by atoms with Crippen molar-refractivity contribution in [2.24, 2.45) is 7.05 Å². The Bertz CT molecular complexity index is 843. The molecule has 0 saturated carbocycles. The molecule has 0 aliphatic heterocycles. The number of aromatic nitrogens is 2. The molecule has 3 rings (SSSR count). The summed E-state index contributed by atoms with van der Waals surface area (Å²) in [7, 11) is 1.91. The molecule has 0 aliphatic carbocycles. The van der Waals surface area contributed by atoms with Gasteiger partial charge in [-0.1, -0.05) is 42.5 Å². The first-order valence-electron chi connectivity index (χ1n) is 8.14. The molecule has 1 unspecified atom stereocenters. The van der Waals surface area contributed by atoms with Gasteiger partial charge in [-0.25, -0.2) is 4.98 Å². The second kappa shape index (κ2) is 7.66. The Hall–Kier alpha value is -3.08. The van der Waals surface area contributed by atoms with Crippen molar-refractivity contribution >= 4 is 5.91 Å². The van der Waals surface area contributed by atoms with Crippen LogP contribution < -0.4 is 10.1 Å². The monoisotopic (exact) mass is 335 g/mol. The maximum absolute atomic E-state index is 12.4. The summed E-state index contributed by atoms with van der Waals surface area (Å²) in [4.78, 5) is 16.8. The number of ether oxygens (including phenoxy) is 1. The van der Waals surface area contributed by atoms with Gasteiger partial charge in [0.1, 0.15) is 17.6 Å². The molecule has 128 valence electrons. The fourth-order valence-corrected chi connectivity index (χ4v) is 2.65. The Morgan fingerprint density at radius 3 is 2.68 bits per heavy atom. The second-order valence-electron chi connectivity index (χ2n) is 5.91. The third-order valence-electron chi connectivity index (χ3n) is 3.91. The van der Waals surface area contributed by atoms with Gasteiger partial charge in [-0.2, -0.15) is 0 Å². The van der Waals surface area contributed by atoms with Gasteiger partial charge in [0.05, 0.1) is 0 Å². The Balaban J connectivity index is 1.72. The van der Waals surface area contributed by atoms with Crippen LogP contribution in [-0.2, 0) is 11.8 Å². The summed E-state index contributed by atoms with van der Waals surface area (Å²) >= 11 is 0. The van der Waals surface area contributed by atoms with Crippen molar-refractivity contribution in [3.05, 3.63) is 83.9 Å². The van der Waals surface area contributed by atoms with Gasteiger partial charge in [-0.15, -0.1) is 0 Å². The number of nitrogens with one attached hydrogen (secondary N) is 1. The van der Waals surface area contributed by atoms with Gasteiger partial charge < -0.3 is 14.6 Å². The number of carbonyl (C=O) groups excluding carboxylic acids is 1. The highest BCUT2D eigenvalue weighted by Gasteiger charge is 2.20. The molecule has 0 bridgehead atoms. The summed E-state index contributed by atoms with van der Waals surface area (Å²) in [6.45, 7) is 1.94. The first-order chi connectivity index (χ1) is 12.1. The topological polar surface area (TPSA) is 56.1 Å². The van der Waals surface area contributed by atoms with Crippen LogP contribution in [0.15, 0.2) is 67.0 Å². The van der Waals surface area contributed by atoms with Crippen LogP contribution in [0.2, 0.25) is 0 Å². The number of hydrogen-bond acceptors (Lipinski definition) is 3. The molecule has 3 aromatic rings.